The zero-order valence-electron chi connectivity index (χ0n) is 20.9. The van der Waals surface area contributed by atoms with Gasteiger partial charge in [0.1, 0.15) is 11.9 Å². The maximum atomic E-state index is 14.5. The molecule has 4 heterocycles. The van der Waals surface area contributed by atoms with Crippen molar-refractivity contribution in [3.63, 3.8) is 0 Å². The topological polar surface area (TPSA) is 90.4 Å². The summed E-state index contributed by atoms with van der Waals surface area (Å²) in [7, 11) is 0. The van der Waals surface area contributed by atoms with Gasteiger partial charge < -0.3 is 19.9 Å². The van der Waals surface area contributed by atoms with Crippen LogP contribution in [0, 0.1) is 5.82 Å². The highest BCUT2D eigenvalue weighted by Gasteiger charge is 2.42. The fraction of sp³-hybridized carbons (Fsp3) is 0.440. The Morgan fingerprint density at radius 3 is 2.85 bits per heavy atom. The molecule has 3 aliphatic rings. The van der Waals surface area contributed by atoms with Gasteiger partial charge in [0.25, 0.3) is 6.43 Å². The van der Waals surface area contributed by atoms with Crippen molar-refractivity contribution in [2.75, 3.05) is 45.9 Å². The molecule has 14 heteroatoms. The van der Waals surface area contributed by atoms with Gasteiger partial charge in [-0.25, -0.2) is 27.7 Å². The smallest absolute Gasteiger partial charge is 0.338 e. The van der Waals surface area contributed by atoms with E-state index in [0.29, 0.717) is 41.7 Å². The molecule has 3 aliphatic heterocycles. The molecule has 1 N–H and O–H groups in total. The number of halogens is 4. The molecule has 2 saturated heterocycles. The van der Waals surface area contributed by atoms with Gasteiger partial charge >= 0.3 is 12.0 Å². The summed E-state index contributed by atoms with van der Waals surface area (Å²) in [6.45, 7) is 2.88. The number of esters is 1. The maximum absolute atomic E-state index is 14.5. The minimum Gasteiger partial charge on any atom is -0.463 e. The standard InChI is InChI=1S/C25H26ClF3N6O3S/c1-2-38-24(36)19-17(12-33-7-8-35-14(10-33)11-34(25(35)37)13-18(28)29)31-22(23-30-6-9-39-23)32-21(19)15-4-3-5-16(27)20(15)26/h3-6,9,14,18,21H,2,7-8,10-13H2,1H3,(H,31,32)/t14-,21-/m0/s1. The van der Waals surface area contributed by atoms with Crippen LogP contribution in [0.15, 0.2) is 46.0 Å². The summed E-state index contributed by atoms with van der Waals surface area (Å²) in [6.07, 6.45) is -0.981. The van der Waals surface area contributed by atoms with E-state index in [-0.39, 0.29) is 42.4 Å². The summed E-state index contributed by atoms with van der Waals surface area (Å²) in [5.41, 5.74) is 0.983. The summed E-state index contributed by atoms with van der Waals surface area (Å²) in [5.74, 6) is -0.861. The molecular formula is C25H26ClF3N6O3S. The van der Waals surface area contributed by atoms with Crippen molar-refractivity contribution in [2.45, 2.75) is 25.4 Å². The number of carbonyl (C=O) groups is 2. The molecule has 1 aromatic heterocycles. The van der Waals surface area contributed by atoms with Crippen LogP contribution in [0.25, 0.3) is 0 Å². The Balaban J connectivity index is 1.49. The Morgan fingerprint density at radius 2 is 2.13 bits per heavy atom. The second kappa shape index (κ2) is 11.5. The number of amides is 2. The monoisotopic (exact) mass is 582 g/mol. The zero-order chi connectivity index (χ0) is 27.7. The Labute approximate surface area is 231 Å². The molecule has 39 heavy (non-hydrogen) atoms. The fourth-order valence-electron chi connectivity index (χ4n) is 5.10. The number of hydrogen-bond acceptors (Lipinski definition) is 8. The van der Waals surface area contributed by atoms with Crippen LogP contribution >= 0.6 is 22.9 Å². The van der Waals surface area contributed by atoms with E-state index in [1.165, 1.54) is 28.4 Å². The molecule has 1 aromatic carbocycles. The van der Waals surface area contributed by atoms with Gasteiger partial charge in [0.05, 0.1) is 29.8 Å². The van der Waals surface area contributed by atoms with Crippen LogP contribution in [0.3, 0.4) is 0 Å². The van der Waals surface area contributed by atoms with E-state index in [1.54, 1.807) is 29.5 Å². The molecule has 0 bridgehead atoms. The molecule has 0 unspecified atom stereocenters. The molecule has 208 valence electrons. The second-order valence-corrected chi connectivity index (χ2v) is 10.5. The molecule has 2 fully saturated rings. The number of carbonyl (C=O) groups excluding carboxylic acids is 2. The molecule has 5 rings (SSSR count). The molecule has 2 aromatic rings. The average molecular weight is 583 g/mol. The number of ether oxygens (including phenoxy) is 1. The second-order valence-electron chi connectivity index (χ2n) is 9.26. The first-order valence-electron chi connectivity index (χ1n) is 12.4. The van der Waals surface area contributed by atoms with E-state index in [1.807, 2.05) is 4.90 Å². The first kappa shape index (κ1) is 27.4. The van der Waals surface area contributed by atoms with E-state index in [0.717, 1.165) is 0 Å². The minimum absolute atomic E-state index is 0.116. The van der Waals surface area contributed by atoms with Crippen molar-refractivity contribution in [3.8, 4) is 0 Å². The molecule has 0 spiro atoms. The molecule has 0 saturated carbocycles. The number of aliphatic imine (C=N–C) groups is 1. The number of piperazine rings is 1. The minimum atomic E-state index is -2.61. The Hall–Kier alpha value is -3.16. The highest BCUT2D eigenvalue weighted by Crippen LogP contribution is 2.37. The van der Waals surface area contributed by atoms with Gasteiger partial charge in [0.15, 0.2) is 10.8 Å². The summed E-state index contributed by atoms with van der Waals surface area (Å²) >= 11 is 7.70. The number of urea groups is 1. The van der Waals surface area contributed by atoms with Gasteiger partial charge in [0, 0.05) is 55.6 Å². The number of rotatable bonds is 8. The van der Waals surface area contributed by atoms with E-state index in [9.17, 15) is 22.8 Å². The van der Waals surface area contributed by atoms with Crippen LogP contribution in [0.5, 0.6) is 0 Å². The number of amidine groups is 1. The van der Waals surface area contributed by atoms with Gasteiger partial charge in [-0.2, -0.15) is 0 Å². The quantitative estimate of drug-likeness (QED) is 0.479. The predicted octanol–water partition coefficient (Wildman–Crippen LogP) is 3.53. The number of fused-ring (bicyclic) bond motifs is 1. The normalized spacial score (nSPS) is 21.8. The summed E-state index contributed by atoms with van der Waals surface area (Å²) in [4.78, 5) is 39.8. The molecule has 9 nitrogen and oxygen atoms in total. The molecular weight excluding hydrogens is 557 g/mol. The van der Waals surface area contributed by atoms with Crippen LogP contribution in [-0.2, 0) is 9.53 Å². The number of hydrogen-bond donors (Lipinski definition) is 1. The van der Waals surface area contributed by atoms with Crippen molar-refractivity contribution >= 4 is 40.8 Å². The molecule has 2 amide bonds. The van der Waals surface area contributed by atoms with Crippen LogP contribution in [0.2, 0.25) is 5.02 Å². The van der Waals surface area contributed by atoms with Crippen molar-refractivity contribution in [2.24, 2.45) is 4.99 Å². The lowest BCUT2D eigenvalue weighted by atomic mass is 9.95. The van der Waals surface area contributed by atoms with Gasteiger partial charge in [0.2, 0.25) is 0 Å². The highest BCUT2D eigenvalue weighted by atomic mass is 35.5. The number of thiazole rings is 1. The van der Waals surface area contributed by atoms with Gasteiger partial charge in [-0.1, -0.05) is 23.7 Å². The van der Waals surface area contributed by atoms with E-state index < -0.39 is 30.8 Å². The SMILES string of the molecule is CCOC(=O)C1=C(CN2CCN3C(=O)N(CC(F)F)C[C@@H]3C2)NC(c2nccs2)=N[C@H]1c1cccc(F)c1Cl. The van der Waals surface area contributed by atoms with Crippen LogP contribution < -0.4 is 5.32 Å². The number of nitrogens with one attached hydrogen (secondary N) is 1. The Kier molecular flexibility index (Phi) is 8.10. The first-order valence-corrected chi connectivity index (χ1v) is 13.7. The zero-order valence-corrected chi connectivity index (χ0v) is 22.5. The van der Waals surface area contributed by atoms with E-state index in [4.69, 9.17) is 21.3 Å². The molecule has 0 radical (unpaired) electrons. The van der Waals surface area contributed by atoms with Gasteiger partial charge in [-0.3, -0.25) is 9.89 Å². The van der Waals surface area contributed by atoms with Crippen molar-refractivity contribution in [1.29, 1.82) is 0 Å². The van der Waals surface area contributed by atoms with Gasteiger partial charge in [-0.15, -0.1) is 11.3 Å². The van der Waals surface area contributed by atoms with Crippen LogP contribution in [-0.4, -0.2) is 95.9 Å². The van der Waals surface area contributed by atoms with Crippen molar-refractivity contribution in [1.82, 2.24) is 25.0 Å². The number of aromatic nitrogens is 1. The largest absolute Gasteiger partial charge is 0.463 e. The highest BCUT2D eigenvalue weighted by molar-refractivity contribution is 7.11. The van der Waals surface area contributed by atoms with Crippen molar-refractivity contribution < 1.29 is 27.5 Å². The van der Waals surface area contributed by atoms with Crippen molar-refractivity contribution in [3.05, 3.63) is 62.5 Å². The lowest BCUT2D eigenvalue weighted by molar-refractivity contribution is -0.139. The van der Waals surface area contributed by atoms with E-state index >= 15 is 0 Å². The third-order valence-electron chi connectivity index (χ3n) is 6.79. The lowest BCUT2D eigenvalue weighted by Crippen LogP contribution is -2.53. The molecule has 2 atom stereocenters. The summed E-state index contributed by atoms with van der Waals surface area (Å²) < 4.78 is 45.8. The first-order chi connectivity index (χ1) is 18.8. The number of benzene rings is 1. The third-order valence-corrected chi connectivity index (χ3v) is 7.97. The number of alkyl halides is 2. The lowest BCUT2D eigenvalue weighted by Gasteiger charge is -2.38. The van der Waals surface area contributed by atoms with E-state index in [2.05, 4.69) is 10.3 Å². The fourth-order valence-corrected chi connectivity index (χ4v) is 5.92. The summed E-state index contributed by atoms with van der Waals surface area (Å²) in [6, 6.07) is 2.73. The third kappa shape index (κ3) is 5.61. The predicted molar refractivity (Wildman–Crippen MR) is 140 cm³/mol. The molecule has 0 aliphatic carbocycles. The average Bonchev–Trinajstić information content (AvgIpc) is 3.54. The van der Waals surface area contributed by atoms with Gasteiger partial charge in [-0.05, 0) is 13.0 Å². The number of nitrogens with zero attached hydrogens (tertiary/aromatic N) is 5. The Bertz CT molecular complexity index is 1310. The maximum Gasteiger partial charge on any atom is 0.338 e. The summed E-state index contributed by atoms with van der Waals surface area (Å²) in [5, 5.41) is 5.45. The van der Waals surface area contributed by atoms with Crippen LogP contribution in [0.4, 0.5) is 18.0 Å². The Morgan fingerprint density at radius 1 is 1.31 bits per heavy atom. The van der Waals surface area contributed by atoms with Crippen LogP contribution in [0.1, 0.15) is 23.5 Å².